The first-order valence-corrected chi connectivity index (χ1v) is 9.35. The van der Waals surface area contributed by atoms with Crippen LogP contribution in [-0.4, -0.2) is 14.5 Å². The van der Waals surface area contributed by atoms with Crippen LogP contribution in [0.25, 0.3) is 28.1 Å². The number of hydrogen-bond acceptors (Lipinski definition) is 4. The molecule has 3 aromatic heterocycles. The fourth-order valence-corrected chi connectivity index (χ4v) is 3.78. The van der Waals surface area contributed by atoms with Gasteiger partial charge in [-0.15, -0.1) is 0 Å². The first-order chi connectivity index (χ1) is 14.5. The van der Waals surface area contributed by atoms with Crippen LogP contribution >= 0.6 is 11.6 Å². The van der Waals surface area contributed by atoms with E-state index >= 15 is 0 Å². The van der Waals surface area contributed by atoms with E-state index in [4.69, 9.17) is 16.3 Å². The SMILES string of the molecule is O=c1c(-c2cccc(F)c2Cl)cc2c(n1-c1cncc(F)c1)COc1cccnc1-2. The van der Waals surface area contributed by atoms with E-state index in [1.165, 1.54) is 29.0 Å². The third kappa shape index (κ3) is 2.86. The fourth-order valence-electron chi connectivity index (χ4n) is 3.56. The smallest absolute Gasteiger partial charge is 0.263 e. The van der Waals surface area contributed by atoms with Gasteiger partial charge in [-0.25, -0.2) is 8.78 Å². The summed E-state index contributed by atoms with van der Waals surface area (Å²) in [5.41, 5.74) is 1.70. The van der Waals surface area contributed by atoms with Crippen LogP contribution in [0.15, 0.2) is 65.8 Å². The number of benzene rings is 1. The fraction of sp³-hybridized carbons (Fsp3) is 0.0455. The van der Waals surface area contributed by atoms with Gasteiger partial charge in [0.15, 0.2) is 0 Å². The Morgan fingerprint density at radius 1 is 1.03 bits per heavy atom. The Hall–Kier alpha value is -3.58. The van der Waals surface area contributed by atoms with Crippen molar-refractivity contribution >= 4 is 11.6 Å². The van der Waals surface area contributed by atoms with Crippen LogP contribution in [-0.2, 0) is 6.61 Å². The lowest BCUT2D eigenvalue weighted by atomic mass is 9.99. The van der Waals surface area contributed by atoms with E-state index in [1.54, 1.807) is 30.5 Å². The maximum Gasteiger partial charge on any atom is 0.263 e. The Morgan fingerprint density at radius 2 is 1.90 bits per heavy atom. The van der Waals surface area contributed by atoms with E-state index in [9.17, 15) is 13.6 Å². The summed E-state index contributed by atoms with van der Waals surface area (Å²) in [6, 6.07) is 10.6. The average Bonchev–Trinajstić information content (AvgIpc) is 2.75. The summed E-state index contributed by atoms with van der Waals surface area (Å²) in [5.74, 6) is -0.700. The number of pyridine rings is 3. The van der Waals surface area contributed by atoms with Crippen molar-refractivity contribution in [1.82, 2.24) is 14.5 Å². The molecule has 5 nitrogen and oxygen atoms in total. The van der Waals surface area contributed by atoms with E-state index in [2.05, 4.69) is 9.97 Å². The van der Waals surface area contributed by atoms with E-state index in [-0.39, 0.29) is 28.4 Å². The van der Waals surface area contributed by atoms with Crippen molar-refractivity contribution in [3.8, 4) is 33.8 Å². The topological polar surface area (TPSA) is 57.0 Å². The van der Waals surface area contributed by atoms with Gasteiger partial charge in [0, 0.05) is 29.0 Å². The van der Waals surface area contributed by atoms with Gasteiger partial charge in [0.25, 0.3) is 5.56 Å². The molecule has 1 aromatic carbocycles. The molecule has 0 atom stereocenters. The van der Waals surface area contributed by atoms with Crippen LogP contribution < -0.4 is 10.3 Å². The standard InChI is InChI=1S/C22H12ClF2N3O2/c23-20-14(3-1-4-17(20)25)15-8-16-18(11-30-19-5-2-6-27-21(16)19)28(22(15)29)13-7-12(24)9-26-10-13/h1-10H,11H2. The molecule has 148 valence electrons. The highest BCUT2D eigenvalue weighted by Crippen LogP contribution is 2.38. The predicted octanol–water partition coefficient (Wildman–Crippen LogP) is 4.79. The molecule has 0 bridgehead atoms. The number of nitrogens with zero attached hydrogens (tertiary/aromatic N) is 3. The summed E-state index contributed by atoms with van der Waals surface area (Å²) < 4.78 is 35.1. The molecular weight excluding hydrogens is 412 g/mol. The van der Waals surface area contributed by atoms with Gasteiger partial charge in [0.1, 0.15) is 29.7 Å². The molecule has 0 amide bonds. The minimum atomic E-state index is -0.646. The third-order valence-corrected chi connectivity index (χ3v) is 5.27. The van der Waals surface area contributed by atoms with Gasteiger partial charge in [-0.05, 0) is 24.3 Å². The zero-order chi connectivity index (χ0) is 20.8. The van der Waals surface area contributed by atoms with Crippen molar-refractivity contribution in [3.63, 3.8) is 0 Å². The molecule has 0 radical (unpaired) electrons. The second kappa shape index (κ2) is 7.03. The van der Waals surface area contributed by atoms with Crippen LogP contribution in [0.5, 0.6) is 5.75 Å². The van der Waals surface area contributed by atoms with Crippen molar-refractivity contribution in [1.29, 1.82) is 0 Å². The molecule has 5 rings (SSSR count). The van der Waals surface area contributed by atoms with Gasteiger partial charge in [0.2, 0.25) is 0 Å². The van der Waals surface area contributed by atoms with Gasteiger partial charge < -0.3 is 4.74 Å². The summed E-state index contributed by atoms with van der Waals surface area (Å²) in [7, 11) is 0. The molecule has 4 aromatic rings. The zero-order valence-electron chi connectivity index (χ0n) is 15.3. The summed E-state index contributed by atoms with van der Waals surface area (Å²) in [6.07, 6.45) is 4.02. The first kappa shape index (κ1) is 18.4. The van der Waals surface area contributed by atoms with Crippen molar-refractivity contribution in [2.24, 2.45) is 0 Å². The van der Waals surface area contributed by atoms with E-state index in [0.29, 0.717) is 22.7 Å². The summed E-state index contributed by atoms with van der Waals surface area (Å²) in [6.45, 7) is 0.0664. The molecule has 0 saturated carbocycles. The number of fused-ring (bicyclic) bond motifs is 3. The molecule has 4 heterocycles. The van der Waals surface area contributed by atoms with Gasteiger partial charge >= 0.3 is 0 Å². The van der Waals surface area contributed by atoms with Gasteiger partial charge in [-0.1, -0.05) is 23.7 Å². The number of ether oxygens (including phenoxy) is 1. The maximum atomic E-state index is 14.1. The molecule has 0 fully saturated rings. The largest absolute Gasteiger partial charge is 0.485 e. The Bertz CT molecular complexity index is 1370. The molecule has 8 heteroatoms. The number of hydrogen-bond donors (Lipinski definition) is 0. The Morgan fingerprint density at radius 3 is 2.73 bits per heavy atom. The number of rotatable bonds is 2. The Balaban J connectivity index is 1.90. The van der Waals surface area contributed by atoms with Crippen molar-refractivity contribution in [2.75, 3.05) is 0 Å². The highest BCUT2D eigenvalue weighted by molar-refractivity contribution is 6.33. The van der Waals surface area contributed by atoms with Crippen molar-refractivity contribution in [2.45, 2.75) is 6.61 Å². The van der Waals surface area contributed by atoms with Crippen LogP contribution in [0.2, 0.25) is 5.02 Å². The van der Waals surface area contributed by atoms with Crippen LogP contribution in [0.1, 0.15) is 5.69 Å². The second-order valence-electron chi connectivity index (χ2n) is 6.66. The average molecular weight is 424 g/mol. The number of aromatic nitrogens is 3. The van der Waals surface area contributed by atoms with Crippen LogP contribution in [0.4, 0.5) is 8.78 Å². The first-order valence-electron chi connectivity index (χ1n) is 8.97. The minimum Gasteiger partial charge on any atom is -0.485 e. The van der Waals surface area contributed by atoms with Crippen LogP contribution in [0, 0.1) is 11.6 Å². The molecule has 0 N–H and O–H groups in total. The minimum absolute atomic E-state index is 0.0664. The maximum absolute atomic E-state index is 14.1. The van der Waals surface area contributed by atoms with E-state index < -0.39 is 17.2 Å². The highest BCUT2D eigenvalue weighted by Gasteiger charge is 2.26. The van der Waals surface area contributed by atoms with Gasteiger partial charge in [-0.2, -0.15) is 0 Å². The number of halogens is 3. The normalized spacial score (nSPS) is 12.1. The molecule has 1 aliphatic rings. The van der Waals surface area contributed by atoms with Crippen LogP contribution in [0.3, 0.4) is 0 Å². The summed E-state index contributed by atoms with van der Waals surface area (Å²) in [5, 5.41) is -0.174. The molecule has 30 heavy (non-hydrogen) atoms. The molecular formula is C22H12ClF2N3O2. The Labute approximate surface area is 174 Å². The monoisotopic (exact) mass is 423 g/mol. The lowest BCUT2D eigenvalue weighted by Crippen LogP contribution is -2.27. The Kier molecular flexibility index (Phi) is 4.33. The predicted molar refractivity (Wildman–Crippen MR) is 108 cm³/mol. The van der Waals surface area contributed by atoms with E-state index in [0.717, 1.165) is 6.20 Å². The van der Waals surface area contributed by atoms with E-state index in [1.807, 2.05) is 0 Å². The zero-order valence-corrected chi connectivity index (χ0v) is 16.0. The molecule has 1 aliphatic heterocycles. The third-order valence-electron chi connectivity index (χ3n) is 4.88. The van der Waals surface area contributed by atoms with Gasteiger partial charge in [-0.3, -0.25) is 19.3 Å². The second-order valence-corrected chi connectivity index (χ2v) is 7.04. The van der Waals surface area contributed by atoms with Crippen molar-refractivity contribution in [3.05, 3.63) is 93.8 Å². The van der Waals surface area contributed by atoms with Gasteiger partial charge in [0.05, 0.1) is 28.8 Å². The molecule has 0 unspecified atom stereocenters. The molecule has 0 spiro atoms. The highest BCUT2D eigenvalue weighted by atomic mass is 35.5. The lowest BCUT2D eigenvalue weighted by molar-refractivity contribution is 0.292. The molecule has 0 aliphatic carbocycles. The molecule has 0 saturated heterocycles. The quantitative estimate of drug-likeness (QED) is 0.465. The lowest BCUT2D eigenvalue weighted by Gasteiger charge is -2.24. The summed E-state index contributed by atoms with van der Waals surface area (Å²) in [4.78, 5) is 21.7. The summed E-state index contributed by atoms with van der Waals surface area (Å²) >= 11 is 6.17. The van der Waals surface area contributed by atoms with Crippen molar-refractivity contribution < 1.29 is 13.5 Å².